The van der Waals surface area contributed by atoms with E-state index in [9.17, 15) is 0 Å². The van der Waals surface area contributed by atoms with E-state index in [4.69, 9.17) is 26.6 Å². The molecular weight excluding hydrogens is 343 g/mol. The zero-order chi connectivity index (χ0) is 9.69. The van der Waals surface area contributed by atoms with Gasteiger partial charge in [-0.3, -0.25) is 0 Å². The van der Waals surface area contributed by atoms with Gasteiger partial charge in [0, 0.05) is 0 Å². The van der Waals surface area contributed by atoms with Gasteiger partial charge >= 0.3 is 68.2 Å². The summed E-state index contributed by atoms with van der Waals surface area (Å²) in [5.41, 5.74) is 7.99. The first-order valence-corrected chi connectivity index (χ1v) is 7.33. The van der Waals surface area contributed by atoms with Crippen LogP contribution in [0.15, 0.2) is 3.52 Å². The maximum absolute atomic E-state index is 8.46. The molecule has 7 nitrogen and oxygen atoms in total. The van der Waals surface area contributed by atoms with E-state index in [0.29, 0.717) is 0 Å². The number of nitrogens with zero attached hydrogens (tertiary/aromatic N) is 7. The first-order valence-electron chi connectivity index (χ1n) is 2.03. The van der Waals surface area contributed by atoms with E-state index in [1.54, 1.807) is 0 Å². The van der Waals surface area contributed by atoms with Gasteiger partial charge in [0.2, 0.25) is 0 Å². The molecule has 0 aliphatic rings. The van der Waals surface area contributed by atoms with Gasteiger partial charge in [-0.1, -0.05) is 0 Å². The summed E-state index contributed by atoms with van der Waals surface area (Å²) >= 11 is -5.35. The van der Waals surface area contributed by atoms with Crippen molar-refractivity contribution in [1.82, 2.24) is 0 Å². The summed E-state index contributed by atoms with van der Waals surface area (Å²) in [7, 11) is 0. The van der Waals surface area contributed by atoms with Gasteiger partial charge in [0.15, 0.2) is 0 Å². The van der Waals surface area contributed by atoms with Crippen molar-refractivity contribution in [3.05, 3.63) is 10.4 Å². The Balaban J connectivity index is 6.00. The molecule has 0 bridgehead atoms. The van der Waals surface area contributed by atoms with Crippen LogP contribution < -0.4 is 0 Å². The number of rotatable bonds is 1. The van der Waals surface area contributed by atoms with Crippen LogP contribution in [0.2, 0.25) is 0 Å². The average molecular weight is 343 g/mol. The topological polar surface area (TPSA) is 144 Å². The van der Waals surface area contributed by atoms with Crippen molar-refractivity contribution in [3.8, 4) is 17.1 Å². The van der Waals surface area contributed by atoms with E-state index in [-0.39, 0.29) is 0 Å². The monoisotopic (exact) mass is 343 g/mol. The van der Waals surface area contributed by atoms with Gasteiger partial charge in [-0.15, -0.1) is 0 Å². The number of hydrogen-bond acceptors (Lipinski definition) is 5. The van der Waals surface area contributed by atoms with Crippen molar-refractivity contribution >= 4 is 0 Å². The van der Waals surface area contributed by atoms with Crippen LogP contribution in [0.3, 0.4) is 0 Å². The van der Waals surface area contributed by atoms with Crippen molar-refractivity contribution < 1.29 is 16.1 Å². The fourth-order valence-corrected chi connectivity index (χ4v) is 1.62. The maximum atomic E-state index is 8.46. The van der Waals surface area contributed by atoms with Crippen LogP contribution in [0.1, 0.15) is 0 Å². The quantitative estimate of drug-likeness (QED) is 0.300. The second kappa shape index (κ2) is 2.95. The third-order valence-electron chi connectivity index (χ3n) is 0.673. The predicted molar refractivity (Wildman–Crippen MR) is 31.6 cm³/mol. The molecule has 12 heavy (non-hydrogen) atoms. The van der Waals surface area contributed by atoms with E-state index in [1.165, 1.54) is 17.1 Å². The van der Waals surface area contributed by atoms with Crippen LogP contribution in [-0.4, -0.2) is 0 Å². The number of nitriles is 4. The summed E-state index contributed by atoms with van der Waals surface area (Å²) in [5, 5.41) is 33.8. The summed E-state index contributed by atoms with van der Waals surface area (Å²) in [6, 6.07) is 0. The van der Waals surface area contributed by atoms with Gasteiger partial charge in [0.05, 0.1) is 0 Å². The SMILES string of the molecule is N#[C][Au]([C]#N)([C]#N)([C]#N)[N]=[N+]=[N-]. The summed E-state index contributed by atoms with van der Waals surface area (Å²) in [4.78, 5) is 2.18. The van der Waals surface area contributed by atoms with Crippen LogP contribution in [0.25, 0.3) is 10.4 Å². The summed E-state index contributed by atoms with van der Waals surface area (Å²) in [6.07, 6.45) is 0. The molecule has 0 spiro atoms. The molecule has 0 aromatic rings. The molecule has 0 saturated heterocycles. The van der Waals surface area contributed by atoms with Crippen LogP contribution in [0.5, 0.6) is 0 Å². The molecule has 0 atom stereocenters. The predicted octanol–water partition coefficient (Wildman–Crippen LogP) is 0.826. The van der Waals surface area contributed by atoms with Crippen molar-refractivity contribution in [1.29, 1.82) is 21.0 Å². The van der Waals surface area contributed by atoms with Gasteiger partial charge in [0.1, 0.15) is 0 Å². The zero-order valence-corrected chi connectivity index (χ0v) is 7.60. The van der Waals surface area contributed by atoms with Gasteiger partial charge in [-0.2, -0.15) is 0 Å². The van der Waals surface area contributed by atoms with Crippen LogP contribution in [0.4, 0.5) is 0 Å². The third kappa shape index (κ3) is 1.09. The van der Waals surface area contributed by atoms with Crippen molar-refractivity contribution in [2.24, 2.45) is 3.52 Å². The molecule has 0 aromatic carbocycles. The molecule has 0 fully saturated rings. The molecule has 0 aliphatic heterocycles. The zero-order valence-electron chi connectivity index (χ0n) is 5.43. The molecule has 0 radical (unpaired) electrons. The molecule has 62 valence electrons. The van der Waals surface area contributed by atoms with Crippen LogP contribution in [0, 0.1) is 38.2 Å². The normalized spacial score (nSPS) is 11.2. The van der Waals surface area contributed by atoms with Gasteiger partial charge in [-0.25, -0.2) is 0 Å². The van der Waals surface area contributed by atoms with Crippen molar-refractivity contribution in [2.75, 3.05) is 0 Å². The van der Waals surface area contributed by atoms with Gasteiger partial charge < -0.3 is 0 Å². The standard InChI is InChI=1S/4CN.Au.N3/c4*1-2;;1-3-2/q;;;;+1;-1. The molecule has 0 aliphatic carbocycles. The van der Waals surface area contributed by atoms with Crippen molar-refractivity contribution in [2.45, 2.75) is 0 Å². The van der Waals surface area contributed by atoms with Crippen LogP contribution >= 0.6 is 0 Å². The van der Waals surface area contributed by atoms with E-state index in [1.807, 2.05) is 0 Å². The summed E-state index contributed by atoms with van der Waals surface area (Å²) < 4.78 is 7.80. The third-order valence-corrected chi connectivity index (χ3v) is 5.51. The fourth-order valence-electron chi connectivity index (χ4n) is 0.198. The van der Waals surface area contributed by atoms with Gasteiger partial charge in [0.25, 0.3) is 0 Å². The molecule has 0 N–H and O–H groups in total. The number of azide groups is 1. The Labute approximate surface area is 68.5 Å². The Morgan fingerprint density at radius 2 is 1.33 bits per heavy atom. The molecule has 0 rings (SSSR count). The Bertz CT molecular complexity index is 349. The number of hydrogen-bond donors (Lipinski definition) is 0. The first-order chi connectivity index (χ1) is 5.62. The van der Waals surface area contributed by atoms with E-state index in [0.717, 1.165) is 0 Å². The van der Waals surface area contributed by atoms with E-state index in [2.05, 4.69) is 8.43 Å². The van der Waals surface area contributed by atoms with Crippen LogP contribution in [-0.2, 0) is 16.1 Å². The molecule has 8 heteroatoms. The Morgan fingerprint density at radius 3 is 1.42 bits per heavy atom. The van der Waals surface area contributed by atoms with E-state index < -0.39 is 16.1 Å². The van der Waals surface area contributed by atoms with Gasteiger partial charge in [-0.05, 0) is 0 Å². The molecule has 0 aromatic heterocycles. The Hall–Kier alpha value is -1.99. The summed E-state index contributed by atoms with van der Waals surface area (Å²) in [5.74, 6) is 0. The minimum atomic E-state index is -5.35. The second-order valence-electron chi connectivity index (χ2n) is 1.14. The molecular formula is C4AuN7. The minimum absolute atomic E-state index is 1.26. The second-order valence-corrected chi connectivity index (χ2v) is 8.70. The Morgan fingerprint density at radius 1 is 1.00 bits per heavy atom. The first kappa shape index (κ1) is 10.0. The van der Waals surface area contributed by atoms with Crippen molar-refractivity contribution in [3.63, 3.8) is 0 Å². The fraction of sp³-hybridized carbons (Fsp3) is 0. The summed E-state index contributed by atoms with van der Waals surface area (Å²) in [6.45, 7) is 0. The average Bonchev–Trinajstić information content (AvgIpc) is 2.16. The molecule has 0 unspecified atom stereocenters. The molecule has 0 amide bonds. The molecule has 0 saturated carbocycles. The Kier molecular flexibility index (Phi) is 2.46. The molecule has 0 heterocycles. The van der Waals surface area contributed by atoms with E-state index >= 15 is 0 Å².